The first-order valence-electron chi connectivity index (χ1n) is 7.09. The van der Waals surface area contributed by atoms with Gasteiger partial charge in [-0.3, -0.25) is 14.5 Å². The minimum absolute atomic E-state index is 0.0244. The second kappa shape index (κ2) is 7.14. The molecule has 0 aromatic rings. The zero-order chi connectivity index (χ0) is 13.7. The Kier molecular flexibility index (Phi) is 5.51. The predicted molar refractivity (Wildman–Crippen MR) is 77.2 cm³/mol. The maximum atomic E-state index is 12.5. The van der Waals surface area contributed by atoms with E-state index in [1.165, 1.54) is 0 Å². The summed E-state index contributed by atoms with van der Waals surface area (Å²) in [5.74, 6) is 2.32. The average molecular weight is 285 g/mol. The number of nitrogens with one attached hydrogen (secondary N) is 1. The lowest BCUT2D eigenvalue weighted by Gasteiger charge is -2.32. The first-order chi connectivity index (χ1) is 9.22. The van der Waals surface area contributed by atoms with Gasteiger partial charge in [0.2, 0.25) is 11.8 Å². The summed E-state index contributed by atoms with van der Waals surface area (Å²) in [6, 6.07) is -0.0780. The van der Waals surface area contributed by atoms with Crippen molar-refractivity contribution in [3.8, 4) is 0 Å². The third kappa shape index (κ3) is 3.86. The Balaban J connectivity index is 1.90. The molecule has 0 spiro atoms. The van der Waals surface area contributed by atoms with Crippen LogP contribution >= 0.6 is 11.8 Å². The monoisotopic (exact) mass is 285 g/mol. The second-order valence-electron chi connectivity index (χ2n) is 5.02. The number of hydrogen-bond acceptors (Lipinski definition) is 4. The van der Waals surface area contributed by atoms with E-state index >= 15 is 0 Å². The van der Waals surface area contributed by atoms with Gasteiger partial charge in [-0.1, -0.05) is 0 Å². The van der Waals surface area contributed by atoms with Gasteiger partial charge in [-0.15, -0.1) is 0 Å². The molecule has 0 saturated carbocycles. The van der Waals surface area contributed by atoms with E-state index in [0.29, 0.717) is 13.1 Å². The number of thioether (sulfide) groups is 1. The molecule has 2 rings (SSSR count). The van der Waals surface area contributed by atoms with Gasteiger partial charge in [0.25, 0.3) is 0 Å². The van der Waals surface area contributed by atoms with E-state index in [2.05, 4.69) is 5.32 Å². The Morgan fingerprint density at radius 1 is 1.26 bits per heavy atom. The maximum absolute atomic E-state index is 12.5. The predicted octanol–water partition coefficient (Wildman–Crippen LogP) is 0.162. The standard InChI is InChI=1S/C13H23N3O2S/c1-2-14-12(17)10-16-5-3-4-11(16)13(18)15-6-8-19-9-7-15/h11H,2-10H2,1H3,(H,14,17). The number of hydrogen-bond donors (Lipinski definition) is 1. The molecule has 5 nitrogen and oxygen atoms in total. The molecule has 1 N–H and O–H groups in total. The van der Waals surface area contributed by atoms with Crippen molar-refractivity contribution in [3.63, 3.8) is 0 Å². The minimum Gasteiger partial charge on any atom is -0.355 e. The van der Waals surface area contributed by atoms with Crippen molar-refractivity contribution in [2.24, 2.45) is 0 Å². The third-order valence-corrected chi connectivity index (χ3v) is 4.63. The van der Waals surface area contributed by atoms with Gasteiger partial charge in [-0.05, 0) is 26.3 Å². The van der Waals surface area contributed by atoms with E-state index in [1.807, 2.05) is 28.5 Å². The van der Waals surface area contributed by atoms with Gasteiger partial charge >= 0.3 is 0 Å². The van der Waals surface area contributed by atoms with Crippen molar-refractivity contribution in [2.75, 3.05) is 44.2 Å². The third-order valence-electron chi connectivity index (χ3n) is 3.69. The van der Waals surface area contributed by atoms with Crippen LogP contribution in [0, 0.1) is 0 Å². The Labute approximate surface area is 119 Å². The molecule has 2 aliphatic heterocycles. The average Bonchev–Trinajstić information content (AvgIpc) is 2.87. The number of carbonyl (C=O) groups excluding carboxylic acids is 2. The van der Waals surface area contributed by atoms with Gasteiger partial charge in [0.15, 0.2) is 0 Å². The van der Waals surface area contributed by atoms with Crippen LogP contribution in [-0.4, -0.2) is 71.9 Å². The van der Waals surface area contributed by atoms with E-state index in [1.54, 1.807) is 0 Å². The fourth-order valence-electron chi connectivity index (χ4n) is 2.73. The molecule has 2 saturated heterocycles. The molecule has 6 heteroatoms. The van der Waals surface area contributed by atoms with Crippen LogP contribution in [0.25, 0.3) is 0 Å². The number of carbonyl (C=O) groups is 2. The molecule has 0 bridgehead atoms. The Hall–Kier alpha value is -0.750. The van der Waals surface area contributed by atoms with E-state index < -0.39 is 0 Å². The highest BCUT2D eigenvalue weighted by atomic mass is 32.2. The first-order valence-corrected chi connectivity index (χ1v) is 8.25. The SMILES string of the molecule is CCNC(=O)CN1CCCC1C(=O)N1CCSCC1. The lowest BCUT2D eigenvalue weighted by atomic mass is 10.2. The molecule has 108 valence electrons. The van der Waals surface area contributed by atoms with Crippen LogP contribution in [0.4, 0.5) is 0 Å². The van der Waals surface area contributed by atoms with Crippen molar-refractivity contribution in [1.82, 2.24) is 15.1 Å². The fourth-order valence-corrected chi connectivity index (χ4v) is 3.63. The molecule has 0 aliphatic carbocycles. The molecule has 2 heterocycles. The largest absolute Gasteiger partial charge is 0.355 e. The Morgan fingerprint density at radius 3 is 2.68 bits per heavy atom. The normalized spacial score (nSPS) is 24.5. The molecule has 1 unspecified atom stereocenters. The van der Waals surface area contributed by atoms with Gasteiger partial charge in [0.05, 0.1) is 12.6 Å². The molecule has 2 amide bonds. The van der Waals surface area contributed by atoms with Crippen LogP contribution in [0.2, 0.25) is 0 Å². The van der Waals surface area contributed by atoms with Crippen molar-refractivity contribution >= 4 is 23.6 Å². The molecule has 2 aliphatic rings. The Bertz CT molecular complexity index is 332. The number of nitrogens with zero attached hydrogens (tertiary/aromatic N) is 2. The van der Waals surface area contributed by atoms with Gasteiger partial charge < -0.3 is 10.2 Å². The quantitative estimate of drug-likeness (QED) is 0.799. The highest BCUT2D eigenvalue weighted by Crippen LogP contribution is 2.20. The van der Waals surface area contributed by atoms with Gasteiger partial charge in [0, 0.05) is 31.1 Å². The van der Waals surface area contributed by atoms with E-state index in [9.17, 15) is 9.59 Å². The lowest BCUT2D eigenvalue weighted by molar-refractivity contribution is -0.136. The molecule has 1 atom stereocenters. The van der Waals surface area contributed by atoms with Gasteiger partial charge in [-0.25, -0.2) is 0 Å². The summed E-state index contributed by atoms with van der Waals surface area (Å²) < 4.78 is 0. The molecule has 0 radical (unpaired) electrons. The van der Waals surface area contributed by atoms with Crippen LogP contribution in [0.5, 0.6) is 0 Å². The van der Waals surface area contributed by atoms with Crippen molar-refractivity contribution in [1.29, 1.82) is 0 Å². The molecule has 2 fully saturated rings. The van der Waals surface area contributed by atoms with E-state index in [-0.39, 0.29) is 17.9 Å². The van der Waals surface area contributed by atoms with Gasteiger partial charge in [-0.2, -0.15) is 11.8 Å². The van der Waals surface area contributed by atoms with E-state index in [0.717, 1.165) is 44.0 Å². The summed E-state index contributed by atoms with van der Waals surface area (Å²) >= 11 is 1.91. The molecular formula is C13H23N3O2S. The van der Waals surface area contributed by atoms with E-state index in [4.69, 9.17) is 0 Å². The summed E-state index contributed by atoms with van der Waals surface area (Å²) in [4.78, 5) is 28.2. The van der Waals surface area contributed by atoms with Crippen LogP contribution in [0.1, 0.15) is 19.8 Å². The molecule has 19 heavy (non-hydrogen) atoms. The fraction of sp³-hybridized carbons (Fsp3) is 0.846. The summed E-state index contributed by atoms with van der Waals surface area (Å²) in [5, 5.41) is 2.80. The summed E-state index contributed by atoms with van der Waals surface area (Å²) in [6.07, 6.45) is 1.90. The zero-order valence-corrected chi connectivity index (χ0v) is 12.4. The maximum Gasteiger partial charge on any atom is 0.239 e. The van der Waals surface area contributed by atoms with Crippen LogP contribution < -0.4 is 5.32 Å². The molecular weight excluding hydrogens is 262 g/mol. The van der Waals surface area contributed by atoms with Crippen LogP contribution in [0.3, 0.4) is 0 Å². The molecule has 0 aromatic heterocycles. The van der Waals surface area contributed by atoms with Crippen LogP contribution in [-0.2, 0) is 9.59 Å². The first kappa shape index (κ1) is 14.7. The highest BCUT2D eigenvalue weighted by Gasteiger charge is 2.34. The number of amides is 2. The van der Waals surface area contributed by atoms with Crippen molar-refractivity contribution < 1.29 is 9.59 Å². The van der Waals surface area contributed by atoms with Gasteiger partial charge in [0.1, 0.15) is 0 Å². The van der Waals surface area contributed by atoms with Crippen molar-refractivity contribution in [3.05, 3.63) is 0 Å². The summed E-state index contributed by atoms with van der Waals surface area (Å²) in [6.45, 7) is 5.48. The highest BCUT2D eigenvalue weighted by molar-refractivity contribution is 7.99. The summed E-state index contributed by atoms with van der Waals surface area (Å²) in [5.41, 5.74) is 0. The minimum atomic E-state index is -0.0780. The number of likely N-dealkylation sites (N-methyl/N-ethyl adjacent to an activating group) is 1. The summed E-state index contributed by atoms with van der Waals surface area (Å²) in [7, 11) is 0. The van der Waals surface area contributed by atoms with Crippen LogP contribution in [0.15, 0.2) is 0 Å². The topological polar surface area (TPSA) is 52.7 Å². The number of rotatable bonds is 4. The second-order valence-corrected chi connectivity index (χ2v) is 6.24. The van der Waals surface area contributed by atoms with Crippen molar-refractivity contribution in [2.45, 2.75) is 25.8 Å². The number of likely N-dealkylation sites (tertiary alicyclic amines) is 1. The zero-order valence-electron chi connectivity index (χ0n) is 11.6. The Morgan fingerprint density at radius 2 is 2.00 bits per heavy atom. The smallest absolute Gasteiger partial charge is 0.239 e. The molecule has 0 aromatic carbocycles. The lowest BCUT2D eigenvalue weighted by Crippen LogP contribution is -2.50.